The molecule has 0 aliphatic heterocycles. The Kier molecular flexibility index (Phi) is 14.5. The number of carbonyl (C=O) groups excluding carboxylic acids is 2. The second-order valence-corrected chi connectivity index (χ2v) is 8.17. The van der Waals surface area contributed by atoms with Crippen molar-refractivity contribution in [1.29, 1.82) is 0 Å². The average Bonchev–Trinajstić information content (AvgIpc) is 2.85. The van der Waals surface area contributed by atoms with Crippen molar-refractivity contribution in [2.24, 2.45) is 5.11 Å². The molecule has 0 heterocycles. The number of unbranched alkanes of at least 4 members (excludes halogenated alkanes) is 3. The van der Waals surface area contributed by atoms with E-state index in [0.29, 0.717) is 25.1 Å². The van der Waals surface area contributed by atoms with Crippen LogP contribution in [0.25, 0.3) is 10.4 Å². The predicted octanol–water partition coefficient (Wildman–Crippen LogP) is 4.37. The number of nitro benzene ring substituents is 1. The van der Waals surface area contributed by atoms with E-state index in [9.17, 15) is 19.7 Å². The Labute approximate surface area is 207 Å². The summed E-state index contributed by atoms with van der Waals surface area (Å²) in [5.74, 6) is 0.433. The van der Waals surface area contributed by atoms with Gasteiger partial charge in [-0.25, -0.2) is 9.59 Å². The van der Waals surface area contributed by atoms with E-state index in [1.54, 1.807) is 0 Å². The third-order valence-corrected chi connectivity index (χ3v) is 5.43. The molecular formula is C21H31N5O8S. The lowest BCUT2D eigenvalue weighted by molar-refractivity contribution is -0.385. The lowest BCUT2D eigenvalue weighted by atomic mass is 10.1. The van der Waals surface area contributed by atoms with Gasteiger partial charge in [-0.3, -0.25) is 10.1 Å². The maximum Gasteiger partial charge on any atom is 0.408 e. The van der Waals surface area contributed by atoms with E-state index in [1.165, 1.54) is 38.1 Å². The van der Waals surface area contributed by atoms with E-state index in [4.69, 9.17) is 24.5 Å². The fourth-order valence-electron chi connectivity index (χ4n) is 2.96. The Morgan fingerprint density at radius 3 is 2.49 bits per heavy atom. The van der Waals surface area contributed by atoms with Crippen LogP contribution in [0.3, 0.4) is 0 Å². The minimum atomic E-state index is -0.916. The molecule has 0 saturated carbocycles. The number of benzene rings is 1. The van der Waals surface area contributed by atoms with Gasteiger partial charge in [-0.1, -0.05) is 18.0 Å². The second-order valence-electron chi connectivity index (χ2n) is 7.18. The lowest BCUT2D eigenvalue weighted by Gasteiger charge is -2.17. The van der Waals surface area contributed by atoms with Gasteiger partial charge in [-0.05, 0) is 42.9 Å². The minimum Gasteiger partial charge on any atom is -0.493 e. The van der Waals surface area contributed by atoms with Crippen LogP contribution in [0.2, 0.25) is 0 Å². The van der Waals surface area contributed by atoms with Gasteiger partial charge in [0, 0.05) is 11.5 Å². The van der Waals surface area contributed by atoms with Crippen molar-refractivity contribution in [1.82, 2.24) is 5.32 Å². The summed E-state index contributed by atoms with van der Waals surface area (Å²) >= 11 is 1.50. The number of amides is 1. The number of methoxy groups -OCH3 is 2. The van der Waals surface area contributed by atoms with Crippen molar-refractivity contribution < 1.29 is 33.5 Å². The van der Waals surface area contributed by atoms with Gasteiger partial charge in [-0.2, -0.15) is 11.8 Å². The lowest BCUT2D eigenvalue weighted by Crippen LogP contribution is -2.42. The molecule has 1 amide bonds. The SMILES string of the molecule is COc1cc(COC(=O)NC(CCSC)C(=O)OCCCCCCN=[N+]=[N-])c([N+](=O)[O-])cc1OC. The summed E-state index contributed by atoms with van der Waals surface area (Å²) in [6, 6.07) is 1.63. The number of ether oxygens (including phenoxy) is 4. The van der Waals surface area contributed by atoms with Gasteiger partial charge in [0.25, 0.3) is 5.69 Å². The van der Waals surface area contributed by atoms with Crippen LogP contribution in [0.15, 0.2) is 17.2 Å². The molecule has 0 saturated heterocycles. The third-order valence-electron chi connectivity index (χ3n) is 4.79. The molecule has 1 N–H and O–H groups in total. The molecule has 0 aliphatic carbocycles. The predicted molar refractivity (Wildman–Crippen MR) is 130 cm³/mol. The van der Waals surface area contributed by atoms with E-state index >= 15 is 0 Å². The number of thioether (sulfide) groups is 1. The van der Waals surface area contributed by atoms with E-state index < -0.39 is 29.6 Å². The van der Waals surface area contributed by atoms with Crippen molar-refractivity contribution in [2.75, 3.05) is 39.4 Å². The number of esters is 1. The molecule has 1 rings (SSSR count). The smallest absolute Gasteiger partial charge is 0.408 e. The van der Waals surface area contributed by atoms with Gasteiger partial charge in [0.2, 0.25) is 0 Å². The summed E-state index contributed by atoms with van der Waals surface area (Å²) < 4.78 is 20.6. The number of hydrogen-bond donors (Lipinski definition) is 1. The molecule has 194 valence electrons. The van der Waals surface area contributed by atoms with Crippen molar-refractivity contribution >= 4 is 29.5 Å². The molecule has 0 radical (unpaired) electrons. The molecule has 0 fully saturated rings. The van der Waals surface area contributed by atoms with E-state index in [2.05, 4.69) is 15.3 Å². The highest BCUT2D eigenvalue weighted by Crippen LogP contribution is 2.34. The van der Waals surface area contributed by atoms with Gasteiger partial charge < -0.3 is 24.3 Å². The van der Waals surface area contributed by atoms with Crippen molar-refractivity contribution in [3.05, 3.63) is 38.3 Å². The highest BCUT2D eigenvalue weighted by atomic mass is 32.2. The molecule has 1 atom stereocenters. The maximum absolute atomic E-state index is 12.5. The molecule has 14 heteroatoms. The van der Waals surface area contributed by atoms with Crippen LogP contribution in [0.5, 0.6) is 11.5 Å². The monoisotopic (exact) mass is 513 g/mol. The Bertz CT molecular complexity index is 895. The summed E-state index contributed by atoms with van der Waals surface area (Å²) in [7, 11) is 2.73. The number of azide groups is 1. The van der Waals surface area contributed by atoms with Crippen LogP contribution in [0, 0.1) is 10.1 Å². The Morgan fingerprint density at radius 2 is 1.86 bits per heavy atom. The molecular weight excluding hydrogens is 482 g/mol. The first kappa shape index (κ1) is 29.7. The van der Waals surface area contributed by atoms with E-state index in [1.807, 2.05) is 6.26 Å². The first-order valence-corrected chi connectivity index (χ1v) is 12.3. The number of nitrogens with zero attached hydrogens (tertiary/aromatic N) is 4. The van der Waals surface area contributed by atoms with Gasteiger partial charge >= 0.3 is 12.1 Å². The molecule has 0 bridgehead atoms. The molecule has 0 spiro atoms. The summed E-state index contributed by atoms with van der Waals surface area (Å²) in [6.07, 6.45) is 4.35. The quantitative estimate of drug-likeness (QED) is 0.0602. The number of nitro groups is 1. The van der Waals surface area contributed by atoms with Crippen molar-refractivity contribution in [3.63, 3.8) is 0 Å². The van der Waals surface area contributed by atoms with Crippen LogP contribution < -0.4 is 14.8 Å². The first-order valence-electron chi connectivity index (χ1n) is 10.9. The zero-order chi connectivity index (χ0) is 26.1. The van der Waals surface area contributed by atoms with Gasteiger partial charge in [-0.15, -0.1) is 0 Å². The number of carbonyl (C=O) groups is 2. The fourth-order valence-corrected chi connectivity index (χ4v) is 3.44. The van der Waals surface area contributed by atoms with Crippen LogP contribution in [-0.2, 0) is 20.9 Å². The molecule has 0 aliphatic rings. The average molecular weight is 514 g/mol. The Morgan fingerprint density at radius 1 is 1.17 bits per heavy atom. The van der Waals surface area contributed by atoms with Gasteiger partial charge in [0.05, 0.1) is 37.4 Å². The summed E-state index contributed by atoms with van der Waals surface area (Å²) in [5.41, 5.74) is 8.04. The zero-order valence-corrected chi connectivity index (χ0v) is 20.9. The van der Waals surface area contributed by atoms with Crippen LogP contribution in [0.1, 0.15) is 37.7 Å². The zero-order valence-electron chi connectivity index (χ0n) is 20.1. The maximum atomic E-state index is 12.5. The summed E-state index contributed by atoms with van der Waals surface area (Å²) in [5, 5.41) is 17.3. The fraction of sp³-hybridized carbons (Fsp3) is 0.619. The largest absolute Gasteiger partial charge is 0.493 e. The molecule has 13 nitrogen and oxygen atoms in total. The molecule has 1 aromatic rings. The normalized spacial score (nSPS) is 11.1. The van der Waals surface area contributed by atoms with Crippen molar-refractivity contribution in [2.45, 2.75) is 44.8 Å². The first-order chi connectivity index (χ1) is 16.9. The molecule has 1 aromatic carbocycles. The highest BCUT2D eigenvalue weighted by molar-refractivity contribution is 7.98. The van der Waals surface area contributed by atoms with Crippen LogP contribution >= 0.6 is 11.8 Å². The number of hydrogen-bond acceptors (Lipinski definition) is 10. The molecule has 0 aromatic heterocycles. The highest BCUT2D eigenvalue weighted by Gasteiger charge is 2.24. The van der Waals surface area contributed by atoms with E-state index in [-0.39, 0.29) is 29.4 Å². The molecule has 1 unspecified atom stereocenters. The van der Waals surface area contributed by atoms with Crippen molar-refractivity contribution in [3.8, 4) is 11.5 Å². The van der Waals surface area contributed by atoms with E-state index in [0.717, 1.165) is 19.3 Å². The number of alkyl carbamates (subject to hydrolysis) is 1. The van der Waals surface area contributed by atoms with Crippen LogP contribution in [0.4, 0.5) is 10.5 Å². The standard InChI is InChI=1S/C21H31N5O8S/c1-31-18-12-15(17(26(29)30)13-19(18)32-2)14-34-21(28)24-16(8-11-35-3)20(27)33-10-7-5-4-6-9-23-25-22/h12-13,16H,4-11,14H2,1-3H3,(H,24,28). The van der Waals surface area contributed by atoms with Gasteiger partial charge in [0.1, 0.15) is 12.6 Å². The Hall–Kier alpha value is -3.38. The molecule has 35 heavy (non-hydrogen) atoms. The Balaban J connectivity index is 2.65. The number of nitrogens with one attached hydrogen (secondary N) is 1. The second kappa shape index (κ2) is 17.1. The van der Waals surface area contributed by atoms with Crippen LogP contribution in [-0.4, -0.2) is 62.4 Å². The topological polar surface area (TPSA) is 175 Å². The minimum absolute atomic E-state index is 0.103. The number of rotatable bonds is 17. The third kappa shape index (κ3) is 11.1. The summed E-state index contributed by atoms with van der Waals surface area (Å²) in [6.45, 7) is 0.221. The summed E-state index contributed by atoms with van der Waals surface area (Å²) in [4.78, 5) is 38.3. The van der Waals surface area contributed by atoms with Gasteiger partial charge in [0.15, 0.2) is 11.5 Å².